The summed E-state index contributed by atoms with van der Waals surface area (Å²) >= 11 is 0.955. The molecule has 1 aromatic carbocycles. The summed E-state index contributed by atoms with van der Waals surface area (Å²) in [6, 6.07) is 6.71. The van der Waals surface area contributed by atoms with E-state index in [2.05, 4.69) is 9.64 Å². The van der Waals surface area contributed by atoms with Crippen molar-refractivity contribution in [1.82, 2.24) is 9.80 Å². The van der Waals surface area contributed by atoms with Crippen molar-refractivity contribution in [3.05, 3.63) is 40.3 Å². The van der Waals surface area contributed by atoms with Gasteiger partial charge in [-0.05, 0) is 61.5 Å². The van der Waals surface area contributed by atoms with Gasteiger partial charge in [-0.25, -0.2) is 4.79 Å². The molecule has 6 nitrogen and oxygen atoms in total. The molecular formula is C17H18N2O4S. The lowest BCUT2D eigenvalue weighted by atomic mass is 10.1. The number of imide groups is 1. The van der Waals surface area contributed by atoms with Gasteiger partial charge in [0.2, 0.25) is 0 Å². The number of carbonyl (C=O) groups is 3. The van der Waals surface area contributed by atoms with E-state index in [1.54, 1.807) is 30.3 Å². The Hall–Kier alpha value is -2.12. The third-order valence-electron chi connectivity index (χ3n) is 4.04. The Bertz CT molecular complexity index is 693. The van der Waals surface area contributed by atoms with Gasteiger partial charge < -0.3 is 4.74 Å². The van der Waals surface area contributed by atoms with Gasteiger partial charge in [-0.2, -0.15) is 0 Å². The van der Waals surface area contributed by atoms with Crippen LogP contribution in [-0.4, -0.2) is 53.8 Å². The minimum atomic E-state index is -0.410. The maximum Gasteiger partial charge on any atom is 0.337 e. The SMILES string of the molecule is COC(=O)c1ccc(C=C2SC(=O)N(CN3CCCC3)C2=O)cc1. The topological polar surface area (TPSA) is 66.9 Å². The van der Waals surface area contributed by atoms with Crippen LogP contribution in [0.3, 0.4) is 0 Å². The van der Waals surface area contributed by atoms with Crippen molar-refractivity contribution in [2.24, 2.45) is 0 Å². The third kappa shape index (κ3) is 3.52. The van der Waals surface area contributed by atoms with E-state index in [4.69, 9.17) is 0 Å². The molecule has 0 saturated carbocycles. The van der Waals surface area contributed by atoms with Crippen molar-refractivity contribution < 1.29 is 19.1 Å². The van der Waals surface area contributed by atoms with Crippen LogP contribution in [0.15, 0.2) is 29.2 Å². The van der Waals surface area contributed by atoms with E-state index in [-0.39, 0.29) is 11.1 Å². The van der Waals surface area contributed by atoms with Crippen molar-refractivity contribution >= 4 is 35.0 Å². The lowest BCUT2D eigenvalue weighted by molar-refractivity contribution is -0.124. The first-order valence-corrected chi connectivity index (χ1v) is 8.56. The molecule has 2 saturated heterocycles. The first-order valence-electron chi connectivity index (χ1n) is 7.74. The molecule has 126 valence electrons. The Morgan fingerprint density at radius 1 is 1.21 bits per heavy atom. The Kier molecular flexibility index (Phi) is 5.01. The van der Waals surface area contributed by atoms with E-state index in [1.807, 2.05) is 0 Å². The molecule has 7 heteroatoms. The molecule has 0 aromatic heterocycles. The fourth-order valence-electron chi connectivity index (χ4n) is 2.73. The van der Waals surface area contributed by atoms with Crippen LogP contribution in [0.1, 0.15) is 28.8 Å². The standard InChI is InChI=1S/C17H18N2O4S/c1-23-16(21)13-6-4-12(5-7-13)10-14-15(20)19(17(22)24-14)11-18-8-2-3-9-18/h4-7,10H,2-3,8-9,11H2,1H3. The summed E-state index contributed by atoms with van der Waals surface area (Å²) in [4.78, 5) is 39.8. The molecule has 1 aromatic rings. The molecule has 0 bridgehead atoms. The smallest absolute Gasteiger partial charge is 0.337 e. The number of methoxy groups -OCH3 is 1. The van der Waals surface area contributed by atoms with Gasteiger partial charge in [0.05, 0.1) is 24.2 Å². The largest absolute Gasteiger partial charge is 0.465 e. The van der Waals surface area contributed by atoms with E-state index >= 15 is 0 Å². The fourth-order valence-corrected chi connectivity index (χ4v) is 3.56. The number of thioether (sulfide) groups is 1. The lowest BCUT2D eigenvalue weighted by Gasteiger charge is -2.20. The second kappa shape index (κ2) is 7.19. The Morgan fingerprint density at radius 2 is 1.88 bits per heavy atom. The summed E-state index contributed by atoms with van der Waals surface area (Å²) in [5.74, 6) is -0.665. The fraction of sp³-hybridized carbons (Fsp3) is 0.353. The van der Waals surface area contributed by atoms with E-state index in [1.165, 1.54) is 12.0 Å². The molecule has 0 aliphatic carbocycles. The normalized spacial score (nSPS) is 20.2. The number of hydrogen-bond donors (Lipinski definition) is 0. The van der Waals surface area contributed by atoms with Gasteiger partial charge in [0, 0.05) is 0 Å². The maximum atomic E-state index is 12.4. The van der Waals surface area contributed by atoms with Gasteiger partial charge in [0.25, 0.3) is 11.1 Å². The van der Waals surface area contributed by atoms with Crippen LogP contribution in [0.25, 0.3) is 6.08 Å². The van der Waals surface area contributed by atoms with Gasteiger partial charge in [-0.1, -0.05) is 12.1 Å². The zero-order valence-electron chi connectivity index (χ0n) is 13.4. The Balaban J connectivity index is 1.72. The number of likely N-dealkylation sites (tertiary alicyclic amines) is 1. The van der Waals surface area contributed by atoms with Gasteiger partial charge in [-0.15, -0.1) is 0 Å². The Morgan fingerprint density at radius 3 is 2.50 bits per heavy atom. The summed E-state index contributed by atoms with van der Waals surface area (Å²) in [5.41, 5.74) is 1.20. The number of benzene rings is 1. The van der Waals surface area contributed by atoms with E-state index in [9.17, 15) is 14.4 Å². The van der Waals surface area contributed by atoms with Crippen LogP contribution >= 0.6 is 11.8 Å². The van der Waals surface area contributed by atoms with Gasteiger partial charge >= 0.3 is 5.97 Å². The molecule has 3 rings (SSSR count). The quantitative estimate of drug-likeness (QED) is 0.617. The molecule has 0 unspecified atom stereocenters. The average molecular weight is 346 g/mol. The van der Waals surface area contributed by atoms with Crippen molar-refractivity contribution in [1.29, 1.82) is 0 Å². The Labute approximate surface area is 144 Å². The zero-order valence-corrected chi connectivity index (χ0v) is 14.2. The number of ether oxygens (including phenoxy) is 1. The van der Waals surface area contributed by atoms with Crippen LogP contribution in [0.5, 0.6) is 0 Å². The highest BCUT2D eigenvalue weighted by Crippen LogP contribution is 2.32. The zero-order chi connectivity index (χ0) is 17.1. The van der Waals surface area contributed by atoms with E-state index < -0.39 is 5.97 Å². The summed E-state index contributed by atoms with van der Waals surface area (Å²) in [7, 11) is 1.33. The highest BCUT2D eigenvalue weighted by molar-refractivity contribution is 8.18. The lowest BCUT2D eigenvalue weighted by Crippen LogP contribution is -2.38. The van der Waals surface area contributed by atoms with Gasteiger partial charge in [-0.3, -0.25) is 19.4 Å². The number of hydrogen-bond acceptors (Lipinski definition) is 6. The van der Waals surface area contributed by atoms with Crippen LogP contribution in [0.2, 0.25) is 0 Å². The second-order valence-electron chi connectivity index (χ2n) is 5.69. The molecule has 2 heterocycles. The minimum Gasteiger partial charge on any atom is -0.465 e. The van der Waals surface area contributed by atoms with Crippen molar-refractivity contribution in [2.75, 3.05) is 26.9 Å². The predicted molar refractivity (Wildman–Crippen MR) is 91.3 cm³/mol. The second-order valence-corrected chi connectivity index (χ2v) is 6.68. The molecule has 2 amide bonds. The molecule has 0 radical (unpaired) electrons. The maximum absolute atomic E-state index is 12.4. The first-order chi connectivity index (χ1) is 11.6. The third-order valence-corrected chi connectivity index (χ3v) is 4.95. The van der Waals surface area contributed by atoms with Gasteiger partial charge in [0.1, 0.15) is 0 Å². The molecule has 2 aliphatic heterocycles. The molecule has 0 spiro atoms. The monoisotopic (exact) mass is 346 g/mol. The summed E-state index contributed by atoms with van der Waals surface area (Å²) < 4.78 is 4.65. The highest BCUT2D eigenvalue weighted by atomic mass is 32.2. The highest BCUT2D eigenvalue weighted by Gasteiger charge is 2.36. The predicted octanol–water partition coefficient (Wildman–Crippen LogP) is 2.56. The summed E-state index contributed by atoms with van der Waals surface area (Å²) in [5, 5.41) is -0.232. The molecular weight excluding hydrogens is 328 g/mol. The van der Waals surface area contributed by atoms with E-state index in [0.29, 0.717) is 17.1 Å². The van der Waals surface area contributed by atoms with E-state index in [0.717, 1.165) is 43.3 Å². The van der Waals surface area contributed by atoms with Crippen LogP contribution in [-0.2, 0) is 9.53 Å². The molecule has 24 heavy (non-hydrogen) atoms. The molecule has 2 fully saturated rings. The van der Waals surface area contributed by atoms with Crippen molar-refractivity contribution in [2.45, 2.75) is 12.8 Å². The van der Waals surface area contributed by atoms with Crippen LogP contribution < -0.4 is 0 Å². The first kappa shape index (κ1) is 16.7. The number of nitrogens with zero attached hydrogens (tertiary/aromatic N) is 2. The summed E-state index contributed by atoms with van der Waals surface area (Å²) in [6.07, 6.45) is 3.90. The minimum absolute atomic E-state index is 0.232. The van der Waals surface area contributed by atoms with Crippen LogP contribution in [0.4, 0.5) is 4.79 Å². The average Bonchev–Trinajstić information content (AvgIpc) is 3.19. The van der Waals surface area contributed by atoms with Gasteiger partial charge in [0.15, 0.2) is 0 Å². The number of rotatable bonds is 4. The molecule has 2 aliphatic rings. The number of esters is 1. The summed E-state index contributed by atoms with van der Waals surface area (Å²) in [6.45, 7) is 2.22. The van der Waals surface area contributed by atoms with Crippen molar-refractivity contribution in [3.63, 3.8) is 0 Å². The van der Waals surface area contributed by atoms with Crippen molar-refractivity contribution in [3.8, 4) is 0 Å². The van der Waals surface area contributed by atoms with Crippen LogP contribution in [0, 0.1) is 0 Å². The molecule has 0 N–H and O–H groups in total. The number of carbonyl (C=O) groups excluding carboxylic acids is 3. The number of amides is 2. The molecule has 0 atom stereocenters.